The maximum atomic E-state index is 13.2. The molecule has 0 aliphatic carbocycles. The number of carbonyl (C=O) groups is 7. The molecule has 0 radical (unpaired) electrons. The van der Waals surface area contributed by atoms with E-state index in [1.165, 1.54) is 6.08 Å². The van der Waals surface area contributed by atoms with Gasteiger partial charge in [-0.15, -0.1) is 6.58 Å². The Morgan fingerprint density at radius 3 is 2.08 bits per heavy atom. The number of cyclic esters (lactones) is 2. The van der Waals surface area contributed by atoms with Gasteiger partial charge in [-0.05, 0) is 0 Å². The molecule has 20 nitrogen and oxygen atoms in total. The monoisotopic (exact) mass is 720 g/mol. The second-order valence-electron chi connectivity index (χ2n) is 11.2. The molecule has 3 aliphatic rings. The molecule has 0 saturated carbocycles. The average molecular weight is 721 g/mol. The van der Waals surface area contributed by atoms with Gasteiger partial charge < -0.3 is 61.9 Å². The number of esters is 6. The van der Waals surface area contributed by atoms with E-state index in [1.807, 2.05) is 0 Å². The van der Waals surface area contributed by atoms with Crippen molar-refractivity contribution in [2.75, 3.05) is 26.9 Å². The minimum atomic E-state index is -2.33. The Morgan fingerprint density at radius 1 is 0.940 bits per heavy atom. The van der Waals surface area contributed by atoms with Crippen molar-refractivity contribution in [2.45, 2.75) is 108 Å². The van der Waals surface area contributed by atoms with Gasteiger partial charge in [-0.25, -0.2) is 9.59 Å². The Balaban J connectivity index is 2.17. The zero-order valence-electron chi connectivity index (χ0n) is 28.1. The van der Waals surface area contributed by atoms with Crippen molar-refractivity contribution in [3.8, 4) is 0 Å². The zero-order chi connectivity index (χ0) is 37.3. The molecule has 0 unspecified atom stereocenters. The molecule has 0 aromatic carbocycles. The van der Waals surface area contributed by atoms with Crippen LogP contribution >= 0.6 is 0 Å². The molecule has 20 heteroatoms. The second kappa shape index (κ2) is 17.5. The van der Waals surface area contributed by atoms with Crippen LogP contribution in [0.2, 0.25) is 0 Å². The molecule has 3 rings (SSSR count). The van der Waals surface area contributed by atoms with E-state index in [0.717, 1.165) is 41.7 Å². The van der Waals surface area contributed by atoms with Crippen LogP contribution in [0.1, 0.15) is 41.0 Å². The first-order valence-corrected chi connectivity index (χ1v) is 15.2. The molecule has 11 atom stereocenters. The lowest BCUT2D eigenvalue weighted by molar-refractivity contribution is -0.363. The lowest BCUT2D eigenvalue weighted by Gasteiger charge is -2.49. The lowest BCUT2D eigenvalue weighted by atomic mass is 9.91. The van der Waals surface area contributed by atoms with Crippen LogP contribution < -0.4 is 0 Å². The Kier molecular flexibility index (Phi) is 14.0. The molecular formula is C30H40O20. The maximum Gasteiger partial charge on any atom is 0.508 e. The van der Waals surface area contributed by atoms with E-state index in [1.54, 1.807) is 0 Å². The fourth-order valence-corrected chi connectivity index (χ4v) is 5.49. The van der Waals surface area contributed by atoms with Gasteiger partial charge in [-0.2, -0.15) is 0 Å². The summed E-state index contributed by atoms with van der Waals surface area (Å²) in [5.41, 5.74) is 0. The van der Waals surface area contributed by atoms with E-state index in [9.17, 15) is 38.7 Å². The van der Waals surface area contributed by atoms with Crippen LogP contribution in [0.25, 0.3) is 0 Å². The van der Waals surface area contributed by atoms with Crippen molar-refractivity contribution in [3.05, 3.63) is 12.7 Å². The van der Waals surface area contributed by atoms with Gasteiger partial charge in [0.2, 0.25) is 0 Å². The first-order valence-electron chi connectivity index (χ1n) is 15.2. The minimum absolute atomic E-state index is 0.289. The summed E-state index contributed by atoms with van der Waals surface area (Å²) in [6.07, 6.45) is -17.0. The maximum absolute atomic E-state index is 13.2. The van der Waals surface area contributed by atoms with Crippen molar-refractivity contribution in [1.82, 2.24) is 0 Å². The third kappa shape index (κ3) is 10.1. The fourth-order valence-electron chi connectivity index (χ4n) is 5.49. The molecule has 280 valence electrons. The summed E-state index contributed by atoms with van der Waals surface area (Å²) >= 11 is 0. The Bertz CT molecular complexity index is 1300. The predicted molar refractivity (Wildman–Crippen MR) is 155 cm³/mol. The SMILES string of the molecule is C=CCO[C@]1(C(=O)OC)C[C@@H](O[C@H]2O[C@H]([C@H](COC(C)=O)OC(C)=O)[C@@H](OC(C)=O)[C@H](OC(C)=O)[C@@H]2OC(C)=O)[C@@H](O)[C@@H]([C@H]2COC(=O)O2)O1. The Labute approximate surface area is 285 Å². The van der Waals surface area contributed by atoms with E-state index in [4.69, 9.17) is 56.8 Å². The molecule has 0 spiro atoms. The highest BCUT2D eigenvalue weighted by atomic mass is 16.8. The van der Waals surface area contributed by atoms with Crippen LogP contribution in [0.5, 0.6) is 0 Å². The number of methoxy groups -OCH3 is 1. The highest BCUT2D eigenvalue weighted by Gasteiger charge is 2.61. The lowest BCUT2D eigenvalue weighted by Crippen LogP contribution is -2.68. The van der Waals surface area contributed by atoms with Crippen LogP contribution in [-0.4, -0.2) is 141 Å². The molecule has 3 saturated heterocycles. The summed E-state index contributed by atoms with van der Waals surface area (Å²) < 4.78 is 65.5. The van der Waals surface area contributed by atoms with Crippen molar-refractivity contribution in [1.29, 1.82) is 0 Å². The molecule has 3 heterocycles. The molecule has 50 heavy (non-hydrogen) atoms. The summed E-state index contributed by atoms with van der Waals surface area (Å²) in [6.45, 7) is 7.28. The van der Waals surface area contributed by atoms with Crippen LogP contribution in [0.4, 0.5) is 4.79 Å². The standard InChI is InChI=1S/C30H40O20/c1-8-9-42-30(28(37)39-7)10-18(21(36)22(50-30)19-12-41-29(38)48-19)47-27-26(46-17(6)35)25(45-16(5)34)24(44-15(4)33)23(49-27)20(43-14(3)32)11-40-13(2)31/h8,18-27,36H,1,9-12H2,2-7H3/t18-,19-,20+,21-,22-,23-,24-,25+,26+,27+,30-/m1/s1. The quantitative estimate of drug-likeness (QED) is 0.130. The Hall–Kier alpha value is -4.37. The van der Waals surface area contributed by atoms with Gasteiger partial charge in [-0.3, -0.25) is 24.0 Å². The molecule has 3 fully saturated rings. The predicted octanol–water partition coefficient (Wildman–Crippen LogP) is -0.856. The third-order valence-corrected chi connectivity index (χ3v) is 7.30. The number of carbonyl (C=O) groups excluding carboxylic acids is 7. The number of rotatable bonds is 14. The van der Waals surface area contributed by atoms with Gasteiger partial charge in [0.15, 0.2) is 36.8 Å². The van der Waals surface area contributed by atoms with Crippen molar-refractivity contribution < 1.29 is 95.5 Å². The number of aliphatic hydroxyl groups excluding tert-OH is 1. The smallest absolute Gasteiger partial charge is 0.465 e. The average Bonchev–Trinajstić information content (AvgIpc) is 3.46. The first kappa shape index (κ1) is 40.1. The highest BCUT2D eigenvalue weighted by Crippen LogP contribution is 2.39. The van der Waals surface area contributed by atoms with Crippen LogP contribution in [0, 0.1) is 0 Å². The van der Waals surface area contributed by atoms with E-state index in [-0.39, 0.29) is 6.61 Å². The first-order chi connectivity index (χ1) is 23.5. The van der Waals surface area contributed by atoms with Crippen molar-refractivity contribution in [3.63, 3.8) is 0 Å². The summed E-state index contributed by atoms with van der Waals surface area (Å²) in [5, 5.41) is 11.5. The van der Waals surface area contributed by atoms with Crippen LogP contribution in [-0.2, 0) is 85.6 Å². The molecule has 0 aromatic rings. The van der Waals surface area contributed by atoms with E-state index in [0.29, 0.717) is 0 Å². The summed E-state index contributed by atoms with van der Waals surface area (Å²) in [4.78, 5) is 85.9. The number of ether oxygens (including phenoxy) is 12. The van der Waals surface area contributed by atoms with E-state index >= 15 is 0 Å². The normalized spacial score (nSPS) is 32.6. The Morgan fingerprint density at radius 2 is 1.56 bits per heavy atom. The van der Waals surface area contributed by atoms with Gasteiger partial charge in [0, 0.05) is 41.0 Å². The summed E-state index contributed by atoms with van der Waals surface area (Å²) in [5.74, 6) is -7.97. The highest BCUT2D eigenvalue weighted by molar-refractivity contribution is 5.78. The van der Waals surface area contributed by atoms with Gasteiger partial charge >= 0.3 is 42.0 Å². The molecule has 0 amide bonds. The largest absolute Gasteiger partial charge is 0.508 e. The van der Waals surface area contributed by atoms with Crippen LogP contribution in [0.15, 0.2) is 12.7 Å². The molecule has 3 aliphatic heterocycles. The van der Waals surface area contributed by atoms with Crippen molar-refractivity contribution >= 4 is 42.0 Å². The van der Waals surface area contributed by atoms with Gasteiger partial charge in [0.05, 0.1) is 19.8 Å². The second-order valence-corrected chi connectivity index (χ2v) is 11.2. The molecule has 1 N–H and O–H groups in total. The number of hydrogen-bond donors (Lipinski definition) is 1. The van der Waals surface area contributed by atoms with Gasteiger partial charge in [0.25, 0.3) is 5.79 Å². The van der Waals surface area contributed by atoms with Crippen molar-refractivity contribution in [2.24, 2.45) is 0 Å². The molecule has 0 bridgehead atoms. The van der Waals surface area contributed by atoms with E-state index in [2.05, 4.69) is 6.58 Å². The molecular weight excluding hydrogens is 680 g/mol. The summed E-state index contributed by atoms with van der Waals surface area (Å²) in [7, 11) is 1.03. The fraction of sp³-hybridized carbons (Fsp3) is 0.700. The van der Waals surface area contributed by atoms with Crippen LogP contribution in [0.3, 0.4) is 0 Å². The third-order valence-electron chi connectivity index (χ3n) is 7.30. The minimum Gasteiger partial charge on any atom is -0.465 e. The number of hydrogen-bond acceptors (Lipinski definition) is 20. The molecule has 0 aromatic heterocycles. The van der Waals surface area contributed by atoms with Gasteiger partial charge in [-0.1, -0.05) is 6.08 Å². The summed E-state index contributed by atoms with van der Waals surface area (Å²) in [6, 6.07) is 0. The van der Waals surface area contributed by atoms with E-state index < -0.39 is 129 Å². The number of aliphatic hydroxyl groups is 1. The van der Waals surface area contributed by atoms with Gasteiger partial charge in [0.1, 0.15) is 31.5 Å². The topological polar surface area (TPSA) is 250 Å². The zero-order valence-corrected chi connectivity index (χ0v) is 28.1.